The highest BCUT2D eigenvalue weighted by molar-refractivity contribution is 5.95. The summed E-state index contributed by atoms with van der Waals surface area (Å²) in [6.45, 7) is 6.57. The molecular weight excluding hydrogens is 302 g/mol. The van der Waals surface area contributed by atoms with Gasteiger partial charge in [0.05, 0.1) is 5.69 Å². The molecule has 0 radical (unpaired) electrons. The number of pyridine rings is 1. The Bertz CT molecular complexity index is 917. The third-order valence-corrected chi connectivity index (χ3v) is 5.89. The van der Waals surface area contributed by atoms with Crippen LogP contribution >= 0.6 is 0 Å². The van der Waals surface area contributed by atoms with Crippen molar-refractivity contribution in [2.75, 3.05) is 0 Å². The van der Waals surface area contributed by atoms with E-state index >= 15 is 0 Å². The van der Waals surface area contributed by atoms with Gasteiger partial charge in [0.25, 0.3) is 0 Å². The molecule has 1 heterocycles. The Morgan fingerprint density at radius 2 is 1.76 bits per heavy atom. The van der Waals surface area contributed by atoms with Gasteiger partial charge in [-0.05, 0) is 67.3 Å². The summed E-state index contributed by atoms with van der Waals surface area (Å²) in [7, 11) is 0. The van der Waals surface area contributed by atoms with Gasteiger partial charge in [0.2, 0.25) is 0 Å². The minimum Gasteiger partial charge on any atom is -0.256 e. The van der Waals surface area contributed by atoms with Gasteiger partial charge in [-0.3, -0.25) is 4.98 Å². The maximum Gasteiger partial charge on any atom is 0.0783 e. The highest BCUT2D eigenvalue weighted by Crippen LogP contribution is 2.33. The minimum absolute atomic E-state index is 0.889. The van der Waals surface area contributed by atoms with Crippen LogP contribution in [0.15, 0.2) is 42.6 Å². The largest absolute Gasteiger partial charge is 0.256 e. The van der Waals surface area contributed by atoms with E-state index in [0.717, 1.165) is 11.6 Å². The van der Waals surface area contributed by atoms with Crippen LogP contribution in [0.4, 0.5) is 0 Å². The van der Waals surface area contributed by atoms with Crippen molar-refractivity contribution in [1.29, 1.82) is 0 Å². The standard InChI is InChI=1S/C24H27N/c1-16-12-17(2)18(3)23(13-16)24-22-9-8-20(14-19-6-4-5-7-19)15-21(22)10-11-25-24/h8-13,15,19H,4-7,14H2,1-3H3. The molecule has 4 rings (SSSR count). The predicted octanol–water partition coefficient (Wildman–Crippen LogP) is 6.56. The van der Waals surface area contributed by atoms with Crippen molar-refractivity contribution in [2.24, 2.45) is 5.92 Å². The first-order valence-corrected chi connectivity index (χ1v) is 9.57. The summed E-state index contributed by atoms with van der Waals surface area (Å²) in [4.78, 5) is 4.75. The predicted molar refractivity (Wildman–Crippen MR) is 107 cm³/mol. The highest BCUT2D eigenvalue weighted by atomic mass is 14.7. The minimum atomic E-state index is 0.889. The average molecular weight is 329 g/mol. The van der Waals surface area contributed by atoms with E-state index in [1.165, 1.54) is 70.7 Å². The van der Waals surface area contributed by atoms with Crippen LogP contribution in [0.5, 0.6) is 0 Å². The number of nitrogens with zero attached hydrogens (tertiary/aromatic N) is 1. The number of aromatic nitrogens is 1. The van der Waals surface area contributed by atoms with Gasteiger partial charge in [0.15, 0.2) is 0 Å². The molecule has 128 valence electrons. The van der Waals surface area contributed by atoms with Gasteiger partial charge in [0.1, 0.15) is 0 Å². The summed E-state index contributed by atoms with van der Waals surface area (Å²) < 4.78 is 0. The molecule has 1 aliphatic rings. The van der Waals surface area contributed by atoms with E-state index in [2.05, 4.69) is 57.2 Å². The molecular formula is C24H27N. The fourth-order valence-corrected chi connectivity index (χ4v) is 4.40. The molecule has 25 heavy (non-hydrogen) atoms. The first-order valence-electron chi connectivity index (χ1n) is 9.57. The van der Waals surface area contributed by atoms with Crippen LogP contribution in [0.2, 0.25) is 0 Å². The van der Waals surface area contributed by atoms with E-state index in [0.29, 0.717) is 0 Å². The van der Waals surface area contributed by atoms with Crippen LogP contribution in [0.1, 0.15) is 47.9 Å². The van der Waals surface area contributed by atoms with E-state index in [1.807, 2.05) is 6.20 Å². The monoisotopic (exact) mass is 329 g/mol. The van der Waals surface area contributed by atoms with Crippen molar-refractivity contribution in [1.82, 2.24) is 4.98 Å². The summed E-state index contributed by atoms with van der Waals surface area (Å²) >= 11 is 0. The maximum atomic E-state index is 4.75. The number of rotatable bonds is 3. The molecule has 1 aliphatic carbocycles. The zero-order valence-electron chi connectivity index (χ0n) is 15.6. The lowest BCUT2D eigenvalue weighted by atomic mass is 9.93. The van der Waals surface area contributed by atoms with Crippen LogP contribution in [-0.2, 0) is 6.42 Å². The average Bonchev–Trinajstić information content (AvgIpc) is 3.10. The smallest absolute Gasteiger partial charge is 0.0783 e. The Labute approximate surface area is 151 Å². The lowest BCUT2D eigenvalue weighted by Gasteiger charge is -2.14. The van der Waals surface area contributed by atoms with E-state index in [4.69, 9.17) is 4.98 Å². The second-order valence-corrected chi connectivity index (χ2v) is 7.82. The molecule has 1 fully saturated rings. The van der Waals surface area contributed by atoms with E-state index in [9.17, 15) is 0 Å². The molecule has 0 amide bonds. The fourth-order valence-electron chi connectivity index (χ4n) is 4.40. The highest BCUT2D eigenvalue weighted by Gasteiger charge is 2.16. The molecule has 1 saturated carbocycles. The van der Waals surface area contributed by atoms with Crippen molar-refractivity contribution < 1.29 is 0 Å². The number of fused-ring (bicyclic) bond motifs is 1. The van der Waals surface area contributed by atoms with Crippen LogP contribution in [-0.4, -0.2) is 4.98 Å². The molecule has 0 N–H and O–H groups in total. The Morgan fingerprint density at radius 1 is 0.960 bits per heavy atom. The molecule has 0 aliphatic heterocycles. The molecule has 3 aromatic rings. The van der Waals surface area contributed by atoms with Gasteiger partial charge >= 0.3 is 0 Å². The zero-order valence-corrected chi connectivity index (χ0v) is 15.6. The van der Waals surface area contributed by atoms with Gasteiger partial charge in [0, 0.05) is 17.1 Å². The lowest BCUT2D eigenvalue weighted by molar-refractivity contribution is 0.547. The van der Waals surface area contributed by atoms with Crippen molar-refractivity contribution in [3.05, 3.63) is 64.8 Å². The number of hydrogen-bond donors (Lipinski definition) is 0. The molecule has 0 spiro atoms. The molecule has 1 nitrogen and oxygen atoms in total. The van der Waals surface area contributed by atoms with E-state index in [1.54, 1.807) is 0 Å². The second-order valence-electron chi connectivity index (χ2n) is 7.82. The fraction of sp³-hybridized carbons (Fsp3) is 0.375. The molecule has 0 unspecified atom stereocenters. The Hall–Kier alpha value is -2.15. The third kappa shape index (κ3) is 3.20. The first-order chi connectivity index (χ1) is 12.1. The van der Waals surface area contributed by atoms with E-state index < -0.39 is 0 Å². The van der Waals surface area contributed by atoms with Gasteiger partial charge in [-0.15, -0.1) is 0 Å². The molecule has 0 bridgehead atoms. The molecule has 2 aromatic carbocycles. The quantitative estimate of drug-likeness (QED) is 0.530. The van der Waals surface area contributed by atoms with Gasteiger partial charge in [-0.2, -0.15) is 0 Å². The molecule has 0 saturated heterocycles. The van der Waals surface area contributed by atoms with Crippen LogP contribution in [0.25, 0.3) is 22.0 Å². The SMILES string of the molecule is Cc1cc(C)c(C)c(-c2nccc3cc(CC4CCCC4)ccc23)c1. The third-order valence-electron chi connectivity index (χ3n) is 5.89. The normalized spacial score (nSPS) is 15.2. The number of hydrogen-bond acceptors (Lipinski definition) is 1. The van der Waals surface area contributed by atoms with Gasteiger partial charge in [-0.25, -0.2) is 0 Å². The summed E-state index contributed by atoms with van der Waals surface area (Å²) in [5, 5.41) is 2.59. The van der Waals surface area contributed by atoms with E-state index in [-0.39, 0.29) is 0 Å². The summed E-state index contributed by atoms with van der Waals surface area (Å²) in [6.07, 6.45) is 8.84. The zero-order chi connectivity index (χ0) is 17.4. The summed E-state index contributed by atoms with van der Waals surface area (Å²) in [6, 6.07) is 13.7. The van der Waals surface area contributed by atoms with Crippen LogP contribution in [0, 0.1) is 26.7 Å². The van der Waals surface area contributed by atoms with Crippen molar-refractivity contribution in [2.45, 2.75) is 52.9 Å². The Kier molecular flexibility index (Phi) is 4.33. The van der Waals surface area contributed by atoms with Crippen LogP contribution in [0.3, 0.4) is 0 Å². The van der Waals surface area contributed by atoms with Gasteiger partial charge < -0.3 is 0 Å². The summed E-state index contributed by atoms with van der Waals surface area (Å²) in [5.74, 6) is 0.889. The molecule has 0 atom stereocenters. The maximum absolute atomic E-state index is 4.75. The van der Waals surface area contributed by atoms with Crippen molar-refractivity contribution >= 4 is 10.8 Å². The van der Waals surface area contributed by atoms with Gasteiger partial charge in [-0.1, -0.05) is 55.5 Å². The second kappa shape index (κ2) is 6.63. The Balaban J connectivity index is 1.78. The Morgan fingerprint density at radius 3 is 2.56 bits per heavy atom. The number of aryl methyl sites for hydroxylation is 2. The van der Waals surface area contributed by atoms with Crippen LogP contribution < -0.4 is 0 Å². The lowest BCUT2D eigenvalue weighted by Crippen LogP contribution is -1.99. The van der Waals surface area contributed by atoms with Crippen molar-refractivity contribution in [3.8, 4) is 11.3 Å². The molecule has 1 heteroatoms. The topological polar surface area (TPSA) is 12.9 Å². The van der Waals surface area contributed by atoms with Crippen molar-refractivity contribution in [3.63, 3.8) is 0 Å². The summed E-state index contributed by atoms with van der Waals surface area (Å²) in [5.41, 5.74) is 7.84. The first kappa shape index (κ1) is 16.3. The molecule has 1 aromatic heterocycles. The number of benzene rings is 2.